The maximum Gasteiger partial charge on any atom is 0.399 e. The number of esters is 1. The Kier molecular flexibility index (Phi) is 4.97. The molecule has 0 aromatic carbocycles. The molecule has 0 aliphatic carbocycles. The Balaban J connectivity index is 2.49. The number of amides is 1. The van der Waals surface area contributed by atoms with Gasteiger partial charge < -0.3 is 10.1 Å². The summed E-state index contributed by atoms with van der Waals surface area (Å²) in [6.45, 7) is 2.69. The SMILES string of the molecule is Cn1cc(C(=O)NCC(C)(C)OC(=O)CC(F)(F)F)cn1. The van der Waals surface area contributed by atoms with Crippen molar-refractivity contribution in [1.82, 2.24) is 15.1 Å². The third-order valence-electron chi connectivity index (χ3n) is 2.38. The van der Waals surface area contributed by atoms with Gasteiger partial charge in [-0.1, -0.05) is 0 Å². The van der Waals surface area contributed by atoms with E-state index in [2.05, 4.69) is 10.4 Å². The zero-order chi connectivity index (χ0) is 16.3. The first-order chi connectivity index (χ1) is 9.48. The topological polar surface area (TPSA) is 73.2 Å². The van der Waals surface area contributed by atoms with Crippen LogP contribution in [0.2, 0.25) is 0 Å². The summed E-state index contributed by atoms with van der Waals surface area (Å²) in [6, 6.07) is 0. The van der Waals surface area contributed by atoms with Gasteiger partial charge in [-0.2, -0.15) is 18.3 Å². The van der Waals surface area contributed by atoms with Gasteiger partial charge in [-0.05, 0) is 13.8 Å². The Bertz CT molecular complexity index is 523. The van der Waals surface area contributed by atoms with Gasteiger partial charge in [0, 0.05) is 13.2 Å². The third-order valence-corrected chi connectivity index (χ3v) is 2.38. The van der Waals surface area contributed by atoms with Crippen molar-refractivity contribution in [3.8, 4) is 0 Å². The molecule has 9 heteroatoms. The highest BCUT2D eigenvalue weighted by Gasteiger charge is 2.35. The van der Waals surface area contributed by atoms with E-state index in [4.69, 9.17) is 4.74 Å². The van der Waals surface area contributed by atoms with Crippen molar-refractivity contribution in [2.45, 2.75) is 32.0 Å². The van der Waals surface area contributed by atoms with E-state index in [0.717, 1.165) is 0 Å². The van der Waals surface area contributed by atoms with E-state index >= 15 is 0 Å². The molecule has 0 saturated carbocycles. The average Bonchev–Trinajstić information content (AvgIpc) is 2.69. The first-order valence-corrected chi connectivity index (χ1v) is 6.04. The van der Waals surface area contributed by atoms with Crippen molar-refractivity contribution >= 4 is 11.9 Å². The number of ether oxygens (including phenoxy) is 1. The van der Waals surface area contributed by atoms with Crippen LogP contribution >= 0.6 is 0 Å². The molecule has 0 radical (unpaired) electrons. The zero-order valence-corrected chi connectivity index (χ0v) is 11.8. The van der Waals surface area contributed by atoms with E-state index in [0.29, 0.717) is 5.56 Å². The van der Waals surface area contributed by atoms with Crippen LogP contribution in [0.15, 0.2) is 12.4 Å². The Hall–Kier alpha value is -2.06. The quantitative estimate of drug-likeness (QED) is 0.835. The molecular formula is C12H16F3N3O3. The van der Waals surface area contributed by atoms with Gasteiger partial charge in [-0.25, -0.2) is 0 Å². The van der Waals surface area contributed by atoms with Crippen molar-refractivity contribution < 1.29 is 27.5 Å². The highest BCUT2D eigenvalue weighted by Crippen LogP contribution is 2.21. The number of nitrogens with one attached hydrogen (secondary N) is 1. The minimum absolute atomic E-state index is 0.121. The Labute approximate surface area is 119 Å². The van der Waals surface area contributed by atoms with Crippen LogP contribution in [0, 0.1) is 0 Å². The summed E-state index contributed by atoms with van der Waals surface area (Å²) in [5.74, 6) is -1.84. The number of alkyl halides is 3. The average molecular weight is 307 g/mol. The van der Waals surface area contributed by atoms with E-state index < -0.39 is 30.1 Å². The lowest BCUT2D eigenvalue weighted by Gasteiger charge is -2.25. The number of aryl methyl sites for hydroxylation is 1. The molecule has 1 aromatic heterocycles. The summed E-state index contributed by atoms with van der Waals surface area (Å²) in [7, 11) is 1.64. The normalized spacial score (nSPS) is 12.1. The van der Waals surface area contributed by atoms with E-state index in [1.807, 2.05) is 0 Å². The molecule has 0 aliphatic heterocycles. The highest BCUT2D eigenvalue weighted by atomic mass is 19.4. The molecule has 0 aliphatic rings. The van der Waals surface area contributed by atoms with Crippen molar-refractivity contribution in [3.63, 3.8) is 0 Å². The summed E-state index contributed by atoms with van der Waals surface area (Å²) in [6.07, 6.45) is -3.45. The maximum atomic E-state index is 12.0. The van der Waals surface area contributed by atoms with Crippen LogP contribution in [0.25, 0.3) is 0 Å². The molecule has 0 fully saturated rings. The first kappa shape index (κ1) is 17.0. The fraction of sp³-hybridized carbons (Fsp3) is 0.583. The summed E-state index contributed by atoms with van der Waals surface area (Å²) in [5, 5.41) is 6.29. The van der Waals surface area contributed by atoms with Crippen molar-refractivity contribution in [1.29, 1.82) is 0 Å². The minimum Gasteiger partial charge on any atom is -0.458 e. The molecule has 6 nitrogen and oxygen atoms in total. The van der Waals surface area contributed by atoms with Crippen molar-refractivity contribution in [3.05, 3.63) is 18.0 Å². The molecule has 1 heterocycles. The largest absolute Gasteiger partial charge is 0.458 e. The van der Waals surface area contributed by atoms with Crippen LogP contribution in [0.1, 0.15) is 30.6 Å². The molecule has 0 spiro atoms. The number of aromatic nitrogens is 2. The highest BCUT2D eigenvalue weighted by molar-refractivity contribution is 5.93. The molecule has 1 aromatic rings. The van der Waals surface area contributed by atoms with Crippen LogP contribution in [0.4, 0.5) is 13.2 Å². The lowest BCUT2D eigenvalue weighted by Crippen LogP contribution is -2.42. The second-order valence-corrected chi connectivity index (χ2v) is 5.11. The van der Waals surface area contributed by atoms with Gasteiger partial charge >= 0.3 is 12.1 Å². The van der Waals surface area contributed by atoms with Gasteiger partial charge in [0.25, 0.3) is 5.91 Å². The summed E-state index contributed by atoms with van der Waals surface area (Å²) >= 11 is 0. The fourth-order valence-electron chi connectivity index (χ4n) is 1.48. The third kappa shape index (κ3) is 6.28. The van der Waals surface area contributed by atoms with Crippen LogP contribution < -0.4 is 5.32 Å². The van der Waals surface area contributed by atoms with E-state index in [1.165, 1.54) is 30.9 Å². The molecule has 0 atom stereocenters. The number of halogens is 3. The van der Waals surface area contributed by atoms with Gasteiger partial charge in [0.15, 0.2) is 0 Å². The van der Waals surface area contributed by atoms with Gasteiger partial charge in [-0.15, -0.1) is 0 Å². The van der Waals surface area contributed by atoms with Crippen LogP contribution in [-0.4, -0.2) is 40.0 Å². The predicted octanol–water partition coefficient (Wildman–Crippen LogP) is 1.42. The lowest BCUT2D eigenvalue weighted by molar-refractivity contribution is -0.180. The molecule has 0 bridgehead atoms. The van der Waals surface area contributed by atoms with Crippen molar-refractivity contribution in [2.75, 3.05) is 6.54 Å². The smallest absolute Gasteiger partial charge is 0.399 e. The Morgan fingerprint density at radius 1 is 1.38 bits per heavy atom. The molecule has 0 saturated heterocycles. The van der Waals surface area contributed by atoms with Gasteiger partial charge in [0.05, 0.1) is 18.3 Å². The van der Waals surface area contributed by atoms with Crippen molar-refractivity contribution in [2.24, 2.45) is 7.05 Å². The first-order valence-electron chi connectivity index (χ1n) is 6.04. The van der Waals surface area contributed by atoms with Crippen LogP contribution in [-0.2, 0) is 16.6 Å². The van der Waals surface area contributed by atoms with E-state index in [-0.39, 0.29) is 6.54 Å². The van der Waals surface area contributed by atoms with Crippen LogP contribution in [0.5, 0.6) is 0 Å². The minimum atomic E-state index is -4.62. The second-order valence-electron chi connectivity index (χ2n) is 5.11. The number of hydrogen-bond acceptors (Lipinski definition) is 4. The van der Waals surface area contributed by atoms with E-state index in [9.17, 15) is 22.8 Å². The molecule has 1 N–H and O–H groups in total. The number of rotatable bonds is 5. The predicted molar refractivity (Wildman–Crippen MR) is 66.4 cm³/mol. The molecule has 21 heavy (non-hydrogen) atoms. The zero-order valence-electron chi connectivity index (χ0n) is 11.8. The number of hydrogen-bond donors (Lipinski definition) is 1. The summed E-state index contributed by atoms with van der Waals surface area (Å²) in [5.41, 5.74) is -0.949. The van der Waals surface area contributed by atoms with E-state index in [1.54, 1.807) is 7.05 Å². The molecule has 1 amide bonds. The van der Waals surface area contributed by atoms with Crippen LogP contribution in [0.3, 0.4) is 0 Å². The number of carbonyl (C=O) groups excluding carboxylic acids is 2. The second kappa shape index (κ2) is 6.15. The standard InChI is InChI=1S/C12H16F3N3O3/c1-11(2,21-9(19)4-12(13,14)15)7-16-10(20)8-5-17-18(3)6-8/h5-6H,4,7H2,1-3H3,(H,16,20). The number of nitrogens with zero attached hydrogens (tertiary/aromatic N) is 2. The Morgan fingerprint density at radius 3 is 2.48 bits per heavy atom. The van der Waals surface area contributed by atoms with Gasteiger partial charge in [0.1, 0.15) is 12.0 Å². The Morgan fingerprint density at radius 2 is 2.00 bits per heavy atom. The maximum absolute atomic E-state index is 12.0. The molecule has 1 rings (SSSR count). The summed E-state index contributed by atoms with van der Waals surface area (Å²) < 4.78 is 42.3. The summed E-state index contributed by atoms with van der Waals surface area (Å²) in [4.78, 5) is 22.9. The van der Waals surface area contributed by atoms with Gasteiger partial charge in [0.2, 0.25) is 0 Å². The molecular weight excluding hydrogens is 291 g/mol. The lowest BCUT2D eigenvalue weighted by atomic mass is 10.1. The molecule has 0 unspecified atom stereocenters. The monoisotopic (exact) mass is 307 g/mol. The van der Waals surface area contributed by atoms with Gasteiger partial charge in [-0.3, -0.25) is 14.3 Å². The molecule has 118 valence electrons. The fourth-order valence-corrected chi connectivity index (χ4v) is 1.48. The number of carbonyl (C=O) groups is 2.